The van der Waals surface area contributed by atoms with Crippen molar-refractivity contribution in [2.75, 3.05) is 39.1 Å². The zero-order valence-electron chi connectivity index (χ0n) is 27.6. The van der Waals surface area contributed by atoms with Crippen LogP contribution in [0, 0.1) is 0 Å². The summed E-state index contributed by atoms with van der Waals surface area (Å²) in [5, 5.41) is 8.65. The highest BCUT2D eigenvalue weighted by atomic mass is 79.9. The fourth-order valence-electron chi connectivity index (χ4n) is 5.12. The number of ether oxygens (including phenoxy) is 4. The predicted octanol–water partition coefficient (Wildman–Crippen LogP) is 8.26. The maximum Gasteiger partial charge on any atom is 0.252 e. The van der Waals surface area contributed by atoms with Crippen molar-refractivity contribution in [3.05, 3.63) is 105 Å². The number of benzene rings is 4. The van der Waals surface area contributed by atoms with Gasteiger partial charge in [-0.15, -0.1) is 0 Å². The number of fused-ring (bicyclic) bond motifs is 2. The highest BCUT2D eigenvalue weighted by Crippen LogP contribution is 2.39. The SMILES string of the molecule is COc1cc2ncc(C(N)=O)c(Nc3ccc(Cl)cc3Cl)c2cc1OC.COc1cc2ncc(C(N)=O)c(Nc3cccc(Br)c3)c2cc1OC. The van der Waals surface area contributed by atoms with Gasteiger partial charge in [-0.1, -0.05) is 45.2 Å². The number of pyridine rings is 2. The molecule has 6 aromatic rings. The number of carbonyl (C=O) groups is 2. The molecule has 0 atom stereocenters. The number of methoxy groups -OCH3 is 4. The van der Waals surface area contributed by atoms with Crippen LogP contribution in [0.1, 0.15) is 20.7 Å². The molecule has 0 aliphatic rings. The van der Waals surface area contributed by atoms with Crippen LogP contribution >= 0.6 is 39.1 Å². The standard InChI is InChI=1S/C18H16BrN3O3.C18H15Cl2N3O3/c1-24-15-7-12-14(8-16(15)25-2)21-9-13(18(20)23)17(12)22-11-5-3-4-10(19)6-11;1-25-15-6-10-14(7-16(15)26-2)22-8-11(18(21)24)17(10)23-13-4-3-9(19)5-12(13)20/h3-9H,1-2H3,(H2,20,23)(H,21,22);3-8H,1-2H3,(H2,21,24)(H,22,23). The Labute approximate surface area is 311 Å². The molecule has 6 rings (SSSR count). The summed E-state index contributed by atoms with van der Waals surface area (Å²) in [6, 6.07) is 19.6. The monoisotopic (exact) mass is 792 g/mol. The molecule has 0 aliphatic carbocycles. The number of aromatic nitrogens is 2. The quantitative estimate of drug-likeness (QED) is 0.106. The highest BCUT2D eigenvalue weighted by Gasteiger charge is 2.19. The van der Waals surface area contributed by atoms with Gasteiger partial charge in [0.25, 0.3) is 11.8 Å². The van der Waals surface area contributed by atoms with Gasteiger partial charge in [0, 0.05) is 50.5 Å². The topological polar surface area (TPSA) is 173 Å². The van der Waals surface area contributed by atoms with Gasteiger partial charge in [-0.2, -0.15) is 0 Å². The molecule has 2 aromatic heterocycles. The second-order valence-electron chi connectivity index (χ2n) is 10.7. The molecule has 2 amide bonds. The number of hydrogen-bond acceptors (Lipinski definition) is 10. The molecule has 0 radical (unpaired) electrons. The maximum absolute atomic E-state index is 11.9. The van der Waals surface area contributed by atoms with Crippen molar-refractivity contribution < 1.29 is 28.5 Å². The van der Waals surface area contributed by atoms with Crippen LogP contribution in [-0.2, 0) is 0 Å². The van der Waals surface area contributed by atoms with Crippen LogP contribution < -0.4 is 41.0 Å². The lowest BCUT2D eigenvalue weighted by atomic mass is 10.1. The summed E-state index contributed by atoms with van der Waals surface area (Å²) in [7, 11) is 6.17. The summed E-state index contributed by atoms with van der Waals surface area (Å²) in [4.78, 5) is 32.4. The van der Waals surface area contributed by atoms with E-state index < -0.39 is 11.8 Å². The molecule has 0 saturated heterocycles. The molecule has 0 saturated carbocycles. The zero-order valence-corrected chi connectivity index (χ0v) is 30.7. The number of nitrogens with zero attached hydrogens (tertiary/aromatic N) is 2. The smallest absolute Gasteiger partial charge is 0.252 e. The highest BCUT2D eigenvalue weighted by molar-refractivity contribution is 9.10. The maximum atomic E-state index is 11.9. The van der Waals surface area contributed by atoms with Crippen molar-refractivity contribution in [1.82, 2.24) is 9.97 Å². The van der Waals surface area contributed by atoms with E-state index >= 15 is 0 Å². The second-order valence-corrected chi connectivity index (χ2v) is 12.4. The molecule has 0 fully saturated rings. The lowest BCUT2D eigenvalue weighted by Crippen LogP contribution is -2.14. The molecule has 6 N–H and O–H groups in total. The lowest BCUT2D eigenvalue weighted by Gasteiger charge is -2.16. The van der Waals surface area contributed by atoms with Crippen LogP contribution in [0.4, 0.5) is 22.7 Å². The summed E-state index contributed by atoms with van der Waals surface area (Å²) in [5.41, 5.74) is 15.2. The van der Waals surface area contributed by atoms with Crippen molar-refractivity contribution in [2.45, 2.75) is 0 Å². The Kier molecular flexibility index (Phi) is 11.6. The average Bonchev–Trinajstić information content (AvgIpc) is 3.11. The first-order chi connectivity index (χ1) is 24.5. The number of nitrogens with two attached hydrogens (primary N) is 2. The molecule has 0 bridgehead atoms. The Morgan fingerprint density at radius 3 is 1.61 bits per heavy atom. The number of amides is 2. The van der Waals surface area contributed by atoms with E-state index in [1.807, 2.05) is 24.3 Å². The van der Waals surface area contributed by atoms with E-state index in [0.717, 1.165) is 10.2 Å². The molecule has 2 heterocycles. The molecular weight excluding hydrogens is 763 g/mol. The summed E-state index contributed by atoms with van der Waals surface area (Å²) in [6.07, 6.45) is 2.86. The minimum atomic E-state index is -0.623. The van der Waals surface area contributed by atoms with Crippen LogP contribution in [0.25, 0.3) is 21.8 Å². The number of rotatable bonds is 10. The molecule has 15 heteroatoms. The molecular formula is C36H31BrCl2N6O6. The van der Waals surface area contributed by atoms with Crippen LogP contribution in [0.2, 0.25) is 10.0 Å². The third-order valence-electron chi connectivity index (χ3n) is 7.56. The van der Waals surface area contributed by atoms with Gasteiger partial charge in [-0.3, -0.25) is 19.6 Å². The third-order valence-corrected chi connectivity index (χ3v) is 8.60. The van der Waals surface area contributed by atoms with Gasteiger partial charge in [-0.05, 0) is 48.5 Å². The van der Waals surface area contributed by atoms with Gasteiger partial charge in [0.2, 0.25) is 0 Å². The van der Waals surface area contributed by atoms with E-state index in [4.69, 9.17) is 53.6 Å². The lowest BCUT2D eigenvalue weighted by molar-refractivity contribution is 0.0992. The number of halogens is 3. The Hall–Kier alpha value is -5.50. The Bertz CT molecular complexity index is 2290. The number of hydrogen-bond donors (Lipinski definition) is 4. The van der Waals surface area contributed by atoms with Crippen molar-refractivity contribution >= 4 is 95.5 Å². The molecule has 0 aliphatic heterocycles. The van der Waals surface area contributed by atoms with Crippen molar-refractivity contribution in [3.63, 3.8) is 0 Å². The summed E-state index contributed by atoms with van der Waals surface area (Å²) in [5.74, 6) is 0.922. The Morgan fingerprint density at radius 1 is 0.667 bits per heavy atom. The number of carbonyl (C=O) groups excluding carboxylic acids is 2. The van der Waals surface area contributed by atoms with Crippen LogP contribution in [0.5, 0.6) is 23.0 Å². The molecule has 0 unspecified atom stereocenters. The Balaban J connectivity index is 0.000000198. The summed E-state index contributed by atoms with van der Waals surface area (Å²) in [6.45, 7) is 0. The third kappa shape index (κ3) is 8.12. The van der Waals surface area contributed by atoms with Gasteiger partial charge in [0.05, 0.1) is 72.7 Å². The van der Waals surface area contributed by atoms with Gasteiger partial charge in [0.15, 0.2) is 23.0 Å². The average molecular weight is 794 g/mol. The fraction of sp³-hybridized carbons (Fsp3) is 0.111. The molecule has 262 valence electrons. The van der Waals surface area contributed by atoms with Crippen LogP contribution in [0.3, 0.4) is 0 Å². The minimum absolute atomic E-state index is 0.218. The number of anilines is 4. The van der Waals surface area contributed by atoms with E-state index in [1.54, 1.807) is 56.7 Å². The Morgan fingerprint density at radius 2 is 1.16 bits per heavy atom. The molecule has 4 aromatic carbocycles. The first-order valence-corrected chi connectivity index (χ1v) is 16.5. The second kappa shape index (κ2) is 16.0. The van der Waals surface area contributed by atoms with Crippen molar-refractivity contribution in [3.8, 4) is 23.0 Å². The van der Waals surface area contributed by atoms with E-state index in [9.17, 15) is 9.59 Å². The fourth-order valence-corrected chi connectivity index (χ4v) is 5.97. The number of primary amides is 2. The summed E-state index contributed by atoms with van der Waals surface area (Å²) >= 11 is 15.6. The van der Waals surface area contributed by atoms with Gasteiger partial charge < -0.3 is 41.0 Å². The molecule has 12 nitrogen and oxygen atoms in total. The minimum Gasteiger partial charge on any atom is -0.493 e. The van der Waals surface area contributed by atoms with Crippen molar-refractivity contribution in [1.29, 1.82) is 0 Å². The molecule has 0 spiro atoms. The van der Waals surface area contributed by atoms with Crippen molar-refractivity contribution in [2.24, 2.45) is 11.5 Å². The first kappa shape index (κ1) is 36.8. The van der Waals surface area contributed by atoms with Crippen LogP contribution in [-0.4, -0.2) is 50.2 Å². The summed E-state index contributed by atoms with van der Waals surface area (Å²) < 4.78 is 22.2. The predicted molar refractivity (Wildman–Crippen MR) is 204 cm³/mol. The normalized spacial score (nSPS) is 10.6. The molecule has 51 heavy (non-hydrogen) atoms. The van der Waals surface area contributed by atoms with Gasteiger partial charge in [-0.25, -0.2) is 0 Å². The van der Waals surface area contributed by atoms with Crippen LogP contribution in [0.15, 0.2) is 83.6 Å². The van der Waals surface area contributed by atoms with Gasteiger partial charge in [0.1, 0.15) is 0 Å². The van der Waals surface area contributed by atoms with E-state index in [1.165, 1.54) is 26.6 Å². The van der Waals surface area contributed by atoms with E-state index in [2.05, 4.69) is 36.5 Å². The number of nitrogens with one attached hydrogen (secondary N) is 2. The van der Waals surface area contributed by atoms with E-state index in [0.29, 0.717) is 77.5 Å². The van der Waals surface area contributed by atoms with E-state index in [-0.39, 0.29) is 5.56 Å². The first-order valence-electron chi connectivity index (χ1n) is 14.9. The largest absolute Gasteiger partial charge is 0.493 e. The van der Waals surface area contributed by atoms with Gasteiger partial charge >= 0.3 is 0 Å². The zero-order chi connectivity index (χ0) is 36.8.